The number of fused-ring (bicyclic) bond motifs is 1. The van der Waals surface area contributed by atoms with Crippen molar-refractivity contribution in [1.82, 2.24) is 14.9 Å². The molecule has 114 valence electrons. The highest BCUT2D eigenvalue weighted by Gasteiger charge is 2.19. The second kappa shape index (κ2) is 6.20. The molecule has 1 aromatic heterocycles. The van der Waals surface area contributed by atoms with Gasteiger partial charge in [0.1, 0.15) is 6.04 Å². The van der Waals surface area contributed by atoms with Gasteiger partial charge in [-0.15, -0.1) is 0 Å². The van der Waals surface area contributed by atoms with Crippen molar-refractivity contribution in [3.8, 4) is 0 Å². The van der Waals surface area contributed by atoms with Gasteiger partial charge in [0.05, 0.1) is 17.4 Å². The fourth-order valence-corrected chi connectivity index (χ4v) is 2.33. The summed E-state index contributed by atoms with van der Waals surface area (Å²) >= 11 is 0. The number of rotatable bonds is 5. The average molecular weight is 295 g/mol. The van der Waals surface area contributed by atoms with Gasteiger partial charge in [-0.2, -0.15) is 0 Å². The van der Waals surface area contributed by atoms with E-state index in [0.29, 0.717) is 11.0 Å². The first kappa shape index (κ1) is 15.4. The average Bonchev–Trinajstić information content (AvgIpc) is 2.81. The molecule has 0 aliphatic carbocycles. The zero-order valence-corrected chi connectivity index (χ0v) is 12.4. The van der Waals surface area contributed by atoms with E-state index in [2.05, 4.69) is 10.3 Å². The minimum atomic E-state index is -0.948. The quantitative estimate of drug-likeness (QED) is 0.921. The van der Waals surface area contributed by atoms with Crippen LogP contribution in [-0.4, -0.2) is 21.5 Å². The second-order valence-electron chi connectivity index (χ2n) is 5.28. The van der Waals surface area contributed by atoms with Gasteiger partial charge in [-0.05, 0) is 20.3 Å². The van der Waals surface area contributed by atoms with Crippen LogP contribution in [0.5, 0.6) is 0 Å². The number of halogens is 2. The standard InChI is InChI=1S/C15H19F2N3O/c1-4-5-9(2)19-15(21)10(3)20-8-18-13-6-11(16)12(17)7-14(13)20/h6-10H,4-5H2,1-3H3,(H,19,21). The lowest BCUT2D eigenvalue weighted by Crippen LogP contribution is -2.37. The molecule has 2 unspecified atom stereocenters. The number of nitrogens with one attached hydrogen (secondary N) is 1. The SMILES string of the molecule is CCCC(C)NC(=O)C(C)n1cnc2cc(F)c(F)cc21. The Morgan fingerprint density at radius 1 is 1.33 bits per heavy atom. The fraction of sp³-hybridized carbons (Fsp3) is 0.467. The van der Waals surface area contributed by atoms with E-state index in [0.717, 1.165) is 25.0 Å². The summed E-state index contributed by atoms with van der Waals surface area (Å²) < 4.78 is 28.1. The minimum absolute atomic E-state index is 0.0777. The number of carbonyl (C=O) groups excluding carboxylic acids is 1. The minimum Gasteiger partial charge on any atom is -0.352 e. The Morgan fingerprint density at radius 2 is 2.00 bits per heavy atom. The summed E-state index contributed by atoms with van der Waals surface area (Å²) in [6.45, 7) is 5.69. The van der Waals surface area contributed by atoms with Crippen LogP contribution in [-0.2, 0) is 4.79 Å². The molecule has 0 saturated carbocycles. The van der Waals surface area contributed by atoms with Crippen LogP contribution in [0.3, 0.4) is 0 Å². The number of carbonyl (C=O) groups is 1. The highest BCUT2D eigenvalue weighted by Crippen LogP contribution is 2.21. The highest BCUT2D eigenvalue weighted by atomic mass is 19.2. The van der Waals surface area contributed by atoms with Crippen molar-refractivity contribution in [2.24, 2.45) is 0 Å². The first-order chi connectivity index (χ1) is 9.93. The molecular weight excluding hydrogens is 276 g/mol. The van der Waals surface area contributed by atoms with Crippen molar-refractivity contribution >= 4 is 16.9 Å². The third-order valence-corrected chi connectivity index (χ3v) is 3.52. The fourth-order valence-electron chi connectivity index (χ4n) is 2.33. The number of hydrogen-bond donors (Lipinski definition) is 1. The summed E-state index contributed by atoms with van der Waals surface area (Å²) in [6, 6.07) is 1.63. The summed E-state index contributed by atoms with van der Waals surface area (Å²) in [5.74, 6) is -2.06. The Balaban J connectivity index is 2.25. The van der Waals surface area contributed by atoms with E-state index in [1.54, 1.807) is 11.5 Å². The van der Waals surface area contributed by atoms with Crippen molar-refractivity contribution in [3.63, 3.8) is 0 Å². The van der Waals surface area contributed by atoms with E-state index in [1.165, 1.54) is 6.33 Å². The van der Waals surface area contributed by atoms with Crippen LogP contribution >= 0.6 is 0 Å². The van der Waals surface area contributed by atoms with Gasteiger partial charge in [-0.1, -0.05) is 13.3 Å². The molecule has 0 saturated heterocycles. The van der Waals surface area contributed by atoms with Crippen molar-refractivity contribution in [1.29, 1.82) is 0 Å². The summed E-state index contributed by atoms with van der Waals surface area (Å²) in [6.07, 6.45) is 3.30. The van der Waals surface area contributed by atoms with Gasteiger partial charge in [-0.25, -0.2) is 13.8 Å². The van der Waals surface area contributed by atoms with Crippen molar-refractivity contribution in [2.45, 2.75) is 45.7 Å². The molecule has 0 radical (unpaired) electrons. The normalized spacial score (nSPS) is 14.1. The molecular formula is C15H19F2N3O. The van der Waals surface area contributed by atoms with E-state index >= 15 is 0 Å². The number of nitrogens with zero attached hydrogens (tertiary/aromatic N) is 2. The van der Waals surface area contributed by atoms with E-state index < -0.39 is 17.7 Å². The van der Waals surface area contributed by atoms with Crippen LogP contribution in [0.2, 0.25) is 0 Å². The number of amides is 1. The molecule has 2 aromatic rings. The predicted octanol–water partition coefficient (Wildman–Crippen LogP) is 3.18. The lowest BCUT2D eigenvalue weighted by molar-refractivity contribution is -0.124. The van der Waals surface area contributed by atoms with Gasteiger partial charge in [0.25, 0.3) is 0 Å². The van der Waals surface area contributed by atoms with E-state index in [4.69, 9.17) is 0 Å². The zero-order valence-electron chi connectivity index (χ0n) is 12.4. The molecule has 21 heavy (non-hydrogen) atoms. The van der Waals surface area contributed by atoms with Gasteiger partial charge in [0, 0.05) is 18.2 Å². The number of hydrogen-bond acceptors (Lipinski definition) is 2. The van der Waals surface area contributed by atoms with Crippen molar-refractivity contribution in [2.75, 3.05) is 0 Å². The maximum Gasteiger partial charge on any atom is 0.243 e. The summed E-state index contributed by atoms with van der Waals surface area (Å²) in [7, 11) is 0. The topological polar surface area (TPSA) is 46.9 Å². The van der Waals surface area contributed by atoms with Gasteiger partial charge < -0.3 is 9.88 Å². The van der Waals surface area contributed by atoms with Gasteiger partial charge in [0.2, 0.25) is 5.91 Å². The number of benzene rings is 1. The lowest BCUT2D eigenvalue weighted by atomic mass is 10.2. The van der Waals surface area contributed by atoms with Crippen LogP contribution in [0.25, 0.3) is 11.0 Å². The molecule has 6 heteroatoms. The van der Waals surface area contributed by atoms with E-state index in [-0.39, 0.29) is 11.9 Å². The highest BCUT2D eigenvalue weighted by molar-refractivity contribution is 5.83. The molecule has 1 N–H and O–H groups in total. The number of imidazole rings is 1. The van der Waals surface area contributed by atoms with E-state index in [9.17, 15) is 13.6 Å². The van der Waals surface area contributed by atoms with Crippen molar-refractivity contribution in [3.05, 3.63) is 30.1 Å². The second-order valence-corrected chi connectivity index (χ2v) is 5.28. The molecule has 4 nitrogen and oxygen atoms in total. The molecule has 0 bridgehead atoms. The van der Waals surface area contributed by atoms with Crippen LogP contribution in [0.4, 0.5) is 8.78 Å². The van der Waals surface area contributed by atoms with Crippen LogP contribution in [0, 0.1) is 11.6 Å². The Labute approximate surface area is 122 Å². The zero-order chi connectivity index (χ0) is 15.6. The van der Waals surface area contributed by atoms with E-state index in [1.807, 2.05) is 13.8 Å². The molecule has 1 amide bonds. The Bertz CT molecular complexity index is 654. The molecule has 0 fully saturated rings. The Morgan fingerprint density at radius 3 is 2.67 bits per heavy atom. The third kappa shape index (κ3) is 3.20. The summed E-state index contributed by atoms with van der Waals surface area (Å²) in [5, 5.41) is 2.90. The first-order valence-corrected chi connectivity index (χ1v) is 7.06. The van der Waals surface area contributed by atoms with Crippen LogP contribution in [0.15, 0.2) is 18.5 Å². The smallest absolute Gasteiger partial charge is 0.243 e. The van der Waals surface area contributed by atoms with Crippen LogP contribution in [0.1, 0.15) is 39.7 Å². The predicted molar refractivity (Wildman–Crippen MR) is 76.9 cm³/mol. The monoisotopic (exact) mass is 295 g/mol. The molecule has 2 rings (SSSR count). The largest absolute Gasteiger partial charge is 0.352 e. The number of aromatic nitrogens is 2. The lowest BCUT2D eigenvalue weighted by Gasteiger charge is -2.18. The van der Waals surface area contributed by atoms with Crippen molar-refractivity contribution < 1.29 is 13.6 Å². The van der Waals surface area contributed by atoms with Gasteiger partial charge >= 0.3 is 0 Å². The summed E-state index contributed by atoms with van der Waals surface area (Å²) in [4.78, 5) is 16.2. The maximum atomic E-state index is 13.4. The Kier molecular flexibility index (Phi) is 4.55. The molecule has 0 aliphatic heterocycles. The van der Waals surface area contributed by atoms with Crippen LogP contribution < -0.4 is 5.32 Å². The molecule has 0 spiro atoms. The third-order valence-electron chi connectivity index (χ3n) is 3.52. The summed E-state index contributed by atoms with van der Waals surface area (Å²) in [5.41, 5.74) is 0.731. The molecule has 1 aromatic carbocycles. The maximum absolute atomic E-state index is 13.4. The van der Waals surface area contributed by atoms with Gasteiger partial charge in [0.15, 0.2) is 11.6 Å². The molecule has 2 atom stereocenters. The molecule has 0 aliphatic rings. The Hall–Kier alpha value is -1.98. The molecule has 1 heterocycles. The first-order valence-electron chi connectivity index (χ1n) is 7.06. The van der Waals surface area contributed by atoms with Gasteiger partial charge in [-0.3, -0.25) is 4.79 Å².